The Morgan fingerprint density at radius 3 is 2.74 bits per heavy atom. The number of benzene rings is 1. The van der Waals surface area contributed by atoms with Crippen molar-refractivity contribution in [2.45, 2.75) is 19.9 Å². The minimum absolute atomic E-state index is 0.573. The van der Waals surface area contributed by atoms with Gasteiger partial charge >= 0.3 is 0 Å². The third kappa shape index (κ3) is 4.49. The van der Waals surface area contributed by atoms with Crippen molar-refractivity contribution in [2.75, 3.05) is 33.2 Å². The van der Waals surface area contributed by atoms with Crippen molar-refractivity contribution >= 4 is 10.8 Å². The number of fused-ring (bicyclic) bond motifs is 1. The minimum Gasteiger partial charge on any atom is -0.305 e. The van der Waals surface area contributed by atoms with Crippen LogP contribution in [0.25, 0.3) is 10.8 Å². The maximum absolute atomic E-state index is 4.54. The van der Waals surface area contributed by atoms with Gasteiger partial charge in [-0.05, 0) is 37.3 Å². The van der Waals surface area contributed by atoms with Gasteiger partial charge in [0.05, 0.1) is 11.4 Å². The van der Waals surface area contributed by atoms with Gasteiger partial charge in [-0.15, -0.1) is 0 Å². The molecule has 3 aromatic rings. The maximum Gasteiger partial charge on any atom is 0.0727 e. The molecule has 1 fully saturated rings. The van der Waals surface area contributed by atoms with Gasteiger partial charge in [0, 0.05) is 62.9 Å². The normalized spacial score (nSPS) is 19.3. The van der Waals surface area contributed by atoms with Crippen LogP contribution in [0.4, 0.5) is 0 Å². The molecule has 1 atom stereocenters. The fourth-order valence-electron chi connectivity index (χ4n) is 4.01. The van der Waals surface area contributed by atoms with E-state index in [9.17, 15) is 0 Å². The van der Waals surface area contributed by atoms with Gasteiger partial charge in [-0.1, -0.05) is 24.3 Å². The summed E-state index contributed by atoms with van der Waals surface area (Å²) < 4.78 is 0. The molecule has 2 aromatic heterocycles. The van der Waals surface area contributed by atoms with E-state index in [1.165, 1.54) is 16.3 Å². The number of likely N-dealkylation sites (N-methyl/N-ethyl adjacent to an activating group) is 1. The Hall–Kier alpha value is -2.37. The van der Waals surface area contributed by atoms with Gasteiger partial charge in [0.1, 0.15) is 0 Å². The number of aromatic nitrogens is 3. The molecule has 1 aromatic carbocycles. The summed E-state index contributed by atoms with van der Waals surface area (Å²) in [5.41, 5.74) is 3.37. The Labute approximate surface area is 161 Å². The highest BCUT2D eigenvalue weighted by Crippen LogP contribution is 2.22. The molecule has 0 unspecified atom stereocenters. The molecule has 27 heavy (non-hydrogen) atoms. The summed E-state index contributed by atoms with van der Waals surface area (Å²) in [6.45, 7) is 7.18. The van der Waals surface area contributed by atoms with Gasteiger partial charge in [0.2, 0.25) is 0 Å². The first-order valence-electron chi connectivity index (χ1n) is 9.67. The highest BCUT2D eigenvalue weighted by atomic mass is 15.2. The summed E-state index contributed by atoms with van der Waals surface area (Å²) in [5.74, 6) is 0.573. The van der Waals surface area contributed by atoms with Gasteiger partial charge in [-0.3, -0.25) is 19.9 Å². The molecule has 3 heterocycles. The quantitative estimate of drug-likeness (QED) is 0.715. The molecule has 4 rings (SSSR count). The Morgan fingerprint density at radius 1 is 1.00 bits per heavy atom. The standard InChI is InChI=1S/C22H27N5/c1-17-10-25-21(13-24-17)16-27-8-7-26(2)14-18(15-27)9-20-12-23-11-19-5-3-4-6-22(19)20/h3-6,10-13,18H,7-9,14-16H2,1-2H3/t18-/m0/s1. The molecule has 0 radical (unpaired) electrons. The second-order valence-corrected chi connectivity index (χ2v) is 7.74. The number of hydrogen-bond acceptors (Lipinski definition) is 5. The van der Waals surface area contributed by atoms with E-state index < -0.39 is 0 Å². The fraction of sp³-hybridized carbons (Fsp3) is 0.409. The molecular weight excluding hydrogens is 334 g/mol. The molecule has 1 saturated heterocycles. The van der Waals surface area contributed by atoms with Crippen LogP contribution < -0.4 is 0 Å². The first-order valence-corrected chi connectivity index (χ1v) is 9.67. The molecule has 0 N–H and O–H groups in total. The fourth-order valence-corrected chi connectivity index (χ4v) is 4.01. The van der Waals surface area contributed by atoms with Crippen molar-refractivity contribution in [3.8, 4) is 0 Å². The van der Waals surface area contributed by atoms with E-state index in [-0.39, 0.29) is 0 Å². The van der Waals surface area contributed by atoms with Gasteiger partial charge < -0.3 is 4.90 Å². The van der Waals surface area contributed by atoms with Crippen molar-refractivity contribution in [3.05, 3.63) is 66.0 Å². The first-order chi connectivity index (χ1) is 13.2. The Morgan fingerprint density at radius 2 is 1.89 bits per heavy atom. The van der Waals surface area contributed by atoms with E-state index in [1.807, 2.05) is 31.7 Å². The number of hydrogen-bond donors (Lipinski definition) is 0. The molecule has 0 amide bonds. The van der Waals surface area contributed by atoms with Crippen molar-refractivity contribution < 1.29 is 0 Å². The molecular formula is C22H27N5. The summed E-state index contributed by atoms with van der Waals surface area (Å²) >= 11 is 0. The number of rotatable bonds is 4. The predicted octanol–water partition coefficient (Wildman–Crippen LogP) is 2.94. The van der Waals surface area contributed by atoms with E-state index in [1.54, 1.807) is 0 Å². The first kappa shape index (κ1) is 18.0. The van der Waals surface area contributed by atoms with Gasteiger partial charge in [-0.2, -0.15) is 0 Å². The largest absolute Gasteiger partial charge is 0.305 e. The van der Waals surface area contributed by atoms with Crippen LogP contribution in [0.1, 0.15) is 17.0 Å². The molecule has 5 nitrogen and oxygen atoms in total. The summed E-state index contributed by atoms with van der Waals surface area (Å²) in [6.07, 6.45) is 8.82. The zero-order valence-electron chi connectivity index (χ0n) is 16.2. The van der Waals surface area contributed by atoms with E-state index in [2.05, 4.69) is 56.1 Å². The highest BCUT2D eigenvalue weighted by Gasteiger charge is 2.22. The second-order valence-electron chi connectivity index (χ2n) is 7.74. The lowest BCUT2D eigenvalue weighted by molar-refractivity contribution is 0.246. The third-order valence-corrected chi connectivity index (χ3v) is 5.36. The minimum atomic E-state index is 0.573. The van der Waals surface area contributed by atoms with E-state index >= 15 is 0 Å². The summed E-state index contributed by atoms with van der Waals surface area (Å²) in [5, 5.41) is 2.55. The number of pyridine rings is 1. The average Bonchev–Trinajstić information content (AvgIpc) is 2.85. The van der Waals surface area contributed by atoms with Crippen LogP contribution in [0.3, 0.4) is 0 Å². The molecule has 0 aliphatic carbocycles. The van der Waals surface area contributed by atoms with Crippen molar-refractivity contribution in [1.82, 2.24) is 24.8 Å². The van der Waals surface area contributed by atoms with Crippen LogP contribution >= 0.6 is 0 Å². The van der Waals surface area contributed by atoms with Crippen molar-refractivity contribution in [1.29, 1.82) is 0 Å². The van der Waals surface area contributed by atoms with Gasteiger partial charge in [-0.25, -0.2) is 0 Å². The molecule has 1 aliphatic heterocycles. The van der Waals surface area contributed by atoms with Gasteiger partial charge in [0.25, 0.3) is 0 Å². The Bertz CT molecular complexity index is 887. The lowest BCUT2D eigenvalue weighted by Gasteiger charge is -2.24. The summed E-state index contributed by atoms with van der Waals surface area (Å²) in [6, 6.07) is 8.56. The summed E-state index contributed by atoms with van der Waals surface area (Å²) in [7, 11) is 2.23. The van der Waals surface area contributed by atoms with E-state index in [4.69, 9.17) is 0 Å². The predicted molar refractivity (Wildman–Crippen MR) is 108 cm³/mol. The molecule has 0 bridgehead atoms. The SMILES string of the molecule is Cc1cnc(CN2CCN(C)C[C@H](Cc3cncc4ccccc34)C2)cn1. The van der Waals surface area contributed by atoms with E-state index in [0.29, 0.717) is 5.92 Å². The average molecular weight is 361 g/mol. The molecule has 0 spiro atoms. The van der Waals surface area contributed by atoms with E-state index in [0.717, 1.165) is 50.5 Å². The molecule has 140 valence electrons. The lowest BCUT2D eigenvalue weighted by atomic mass is 9.96. The molecule has 0 saturated carbocycles. The number of aryl methyl sites for hydroxylation is 1. The zero-order chi connectivity index (χ0) is 18.6. The third-order valence-electron chi connectivity index (χ3n) is 5.36. The van der Waals surface area contributed by atoms with Crippen molar-refractivity contribution in [2.24, 2.45) is 5.92 Å². The van der Waals surface area contributed by atoms with Crippen LogP contribution in [0, 0.1) is 12.8 Å². The van der Waals surface area contributed by atoms with Crippen LogP contribution in [0.5, 0.6) is 0 Å². The highest BCUT2D eigenvalue weighted by molar-refractivity contribution is 5.84. The van der Waals surface area contributed by atoms with Crippen LogP contribution in [-0.2, 0) is 13.0 Å². The number of nitrogens with zero attached hydrogens (tertiary/aromatic N) is 5. The molecule has 1 aliphatic rings. The van der Waals surface area contributed by atoms with Crippen LogP contribution in [0.15, 0.2) is 49.1 Å². The second kappa shape index (κ2) is 8.11. The van der Waals surface area contributed by atoms with Crippen molar-refractivity contribution in [3.63, 3.8) is 0 Å². The Kier molecular flexibility index (Phi) is 5.41. The van der Waals surface area contributed by atoms with Gasteiger partial charge in [0.15, 0.2) is 0 Å². The topological polar surface area (TPSA) is 45.2 Å². The van der Waals surface area contributed by atoms with Crippen LogP contribution in [-0.4, -0.2) is 58.0 Å². The Balaban J connectivity index is 1.51. The smallest absolute Gasteiger partial charge is 0.0727 e. The van der Waals surface area contributed by atoms with Crippen LogP contribution in [0.2, 0.25) is 0 Å². The molecule has 5 heteroatoms. The zero-order valence-corrected chi connectivity index (χ0v) is 16.2. The monoisotopic (exact) mass is 361 g/mol. The summed E-state index contributed by atoms with van der Waals surface area (Å²) in [4.78, 5) is 18.4. The maximum atomic E-state index is 4.54. The lowest BCUT2D eigenvalue weighted by Crippen LogP contribution is -2.31.